The average Bonchev–Trinajstić information content (AvgIpc) is 2.10. The molecule has 0 aromatic heterocycles. The van der Waals surface area contributed by atoms with Crippen LogP contribution in [0.2, 0.25) is 0 Å². The zero-order valence-corrected chi connectivity index (χ0v) is 8.83. The number of hydrogen-bond acceptors (Lipinski definition) is 3. The molecule has 13 heavy (non-hydrogen) atoms. The zero-order valence-electron chi connectivity index (χ0n) is 8.83. The van der Waals surface area contributed by atoms with Crippen molar-refractivity contribution in [3.8, 4) is 0 Å². The normalized spacial score (nSPS) is 13.6. The molecule has 0 amide bonds. The largest absolute Gasteiger partial charge is 0.395 e. The van der Waals surface area contributed by atoms with Crippen LogP contribution < -0.4 is 5.73 Å². The Morgan fingerprint density at radius 3 is 2.46 bits per heavy atom. The van der Waals surface area contributed by atoms with Crippen LogP contribution in [0.1, 0.15) is 33.1 Å². The van der Waals surface area contributed by atoms with Gasteiger partial charge in [-0.1, -0.05) is 13.8 Å². The molecule has 0 radical (unpaired) electrons. The van der Waals surface area contributed by atoms with Gasteiger partial charge in [-0.15, -0.1) is 0 Å². The van der Waals surface area contributed by atoms with Crippen LogP contribution in [0.4, 0.5) is 0 Å². The first-order chi connectivity index (χ1) is 6.16. The first kappa shape index (κ1) is 12.9. The van der Waals surface area contributed by atoms with Crippen LogP contribution in [0.15, 0.2) is 0 Å². The lowest BCUT2D eigenvalue weighted by atomic mass is 10.1. The van der Waals surface area contributed by atoms with Crippen molar-refractivity contribution in [2.45, 2.75) is 39.2 Å². The molecule has 3 heteroatoms. The van der Waals surface area contributed by atoms with Gasteiger partial charge < -0.3 is 15.6 Å². The van der Waals surface area contributed by atoms with Crippen LogP contribution in [-0.4, -0.2) is 31.0 Å². The van der Waals surface area contributed by atoms with Crippen LogP contribution in [0, 0.1) is 5.92 Å². The lowest BCUT2D eigenvalue weighted by Gasteiger charge is -2.09. The minimum absolute atomic E-state index is 0.0509. The van der Waals surface area contributed by atoms with E-state index in [0.29, 0.717) is 6.61 Å². The van der Waals surface area contributed by atoms with Crippen molar-refractivity contribution in [1.82, 2.24) is 0 Å². The van der Waals surface area contributed by atoms with E-state index in [-0.39, 0.29) is 12.6 Å². The van der Waals surface area contributed by atoms with E-state index < -0.39 is 0 Å². The predicted molar refractivity (Wildman–Crippen MR) is 54.6 cm³/mol. The summed E-state index contributed by atoms with van der Waals surface area (Å²) in [6, 6.07) is -0.120. The van der Waals surface area contributed by atoms with Crippen molar-refractivity contribution >= 4 is 0 Å². The molecule has 0 heterocycles. The van der Waals surface area contributed by atoms with Crippen molar-refractivity contribution in [2.75, 3.05) is 19.8 Å². The van der Waals surface area contributed by atoms with Crippen molar-refractivity contribution in [3.63, 3.8) is 0 Å². The third-order valence-electron chi connectivity index (χ3n) is 1.94. The molecule has 0 fully saturated rings. The number of rotatable bonds is 8. The van der Waals surface area contributed by atoms with E-state index in [1.807, 2.05) is 0 Å². The fourth-order valence-electron chi connectivity index (χ4n) is 1.02. The number of hydrogen-bond donors (Lipinski definition) is 2. The molecular weight excluding hydrogens is 166 g/mol. The molecule has 0 spiro atoms. The number of ether oxygens (including phenoxy) is 1. The van der Waals surface area contributed by atoms with Gasteiger partial charge in [0.05, 0.1) is 6.61 Å². The van der Waals surface area contributed by atoms with Crippen molar-refractivity contribution in [2.24, 2.45) is 11.7 Å². The van der Waals surface area contributed by atoms with Gasteiger partial charge in [-0.2, -0.15) is 0 Å². The van der Waals surface area contributed by atoms with E-state index in [1.165, 1.54) is 6.42 Å². The Labute approximate surface area is 81.3 Å². The molecule has 0 aliphatic carbocycles. The smallest absolute Gasteiger partial charge is 0.0583 e. The summed E-state index contributed by atoms with van der Waals surface area (Å²) in [5.74, 6) is 0.753. The van der Waals surface area contributed by atoms with Crippen LogP contribution in [0.25, 0.3) is 0 Å². The van der Waals surface area contributed by atoms with Crippen molar-refractivity contribution < 1.29 is 9.84 Å². The molecule has 1 atom stereocenters. The monoisotopic (exact) mass is 189 g/mol. The fourth-order valence-corrected chi connectivity index (χ4v) is 1.02. The second kappa shape index (κ2) is 8.48. The Hall–Kier alpha value is -0.120. The summed E-state index contributed by atoms with van der Waals surface area (Å²) in [6.07, 6.45) is 3.08. The predicted octanol–water partition coefficient (Wildman–Crippen LogP) is 1.15. The van der Waals surface area contributed by atoms with Crippen LogP contribution in [-0.2, 0) is 4.74 Å². The highest BCUT2D eigenvalue weighted by Crippen LogP contribution is 2.03. The van der Waals surface area contributed by atoms with E-state index in [0.717, 1.165) is 25.4 Å². The highest BCUT2D eigenvalue weighted by atomic mass is 16.5. The minimum atomic E-state index is -0.120. The lowest BCUT2D eigenvalue weighted by molar-refractivity contribution is 0.114. The average molecular weight is 189 g/mol. The maximum absolute atomic E-state index is 8.63. The summed E-state index contributed by atoms with van der Waals surface area (Å²) < 4.78 is 5.37. The molecule has 0 saturated heterocycles. The van der Waals surface area contributed by atoms with Gasteiger partial charge in [0.25, 0.3) is 0 Å². The van der Waals surface area contributed by atoms with Gasteiger partial charge >= 0.3 is 0 Å². The van der Waals surface area contributed by atoms with E-state index in [1.54, 1.807) is 0 Å². The van der Waals surface area contributed by atoms with Gasteiger partial charge in [-0.05, 0) is 25.2 Å². The van der Waals surface area contributed by atoms with Crippen molar-refractivity contribution in [1.29, 1.82) is 0 Å². The Bertz CT molecular complexity index is 107. The SMILES string of the molecule is CC(C)CCCOCCC(N)CO. The zero-order chi connectivity index (χ0) is 10.1. The first-order valence-corrected chi connectivity index (χ1v) is 5.11. The standard InChI is InChI=1S/C10H23NO2/c1-9(2)4-3-6-13-7-5-10(11)8-12/h9-10,12H,3-8,11H2,1-2H3. The minimum Gasteiger partial charge on any atom is -0.395 e. The number of aliphatic hydroxyl groups is 1. The number of aliphatic hydroxyl groups excluding tert-OH is 1. The number of nitrogens with two attached hydrogens (primary N) is 1. The quantitative estimate of drug-likeness (QED) is 0.563. The molecule has 0 rings (SSSR count). The molecule has 3 nitrogen and oxygen atoms in total. The highest BCUT2D eigenvalue weighted by Gasteiger charge is 1.99. The Balaban J connectivity index is 2.99. The molecule has 3 N–H and O–H groups in total. The van der Waals surface area contributed by atoms with Gasteiger partial charge in [0.15, 0.2) is 0 Å². The second-order valence-electron chi connectivity index (χ2n) is 3.88. The molecule has 0 saturated carbocycles. The molecule has 0 aromatic rings. The molecule has 0 aromatic carbocycles. The first-order valence-electron chi connectivity index (χ1n) is 5.11. The highest BCUT2D eigenvalue weighted by molar-refractivity contribution is 4.57. The Morgan fingerprint density at radius 1 is 1.23 bits per heavy atom. The maximum Gasteiger partial charge on any atom is 0.0583 e. The van der Waals surface area contributed by atoms with Crippen LogP contribution in [0.5, 0.6) is 0 Å². The summed E-state index contributed by atoms with van der Waals surface area (Å²) in [4.78, 5) is 0. The van der Waals surface area contributed by atoms with Gasteiger partial charge in [0.2, 0.25) is 0 Å². The summed E-state index contributed by atoms with van der Waals surface area (Å²) in [6.45, 7) is 5.95. The van der Waals surface area contributed by atoms with E-state index >= 15 is 0 Å². The molecule has 0 aliphatic rings. The van der Waals surface area contributed by atoms with Gasteiger partial charge in [-0.3, -0.25) is 0 Å². The summed E-state index contributed by atoms with van der Waals surface area (Å²) in [5, 5.41) is 8.63. The van der Waals surface area contributed by atoms with Gasteiger partial charge in [0, 0.05) is 19.3 Å². The molecule has 80 valence electrons. The van der Waals surface area contributed by atoms with E-state index in [4.69, 9.17) is 15.6 Å². The summed E-state index contributed by atoms with van der Waals surface area (Å²) in [7, 11) is 0. The Kier molecular flexibility index (Phi) is 8.40. The maximum atomic E-state index is 8.63. The third-order valence-corrected chi connectivity index (χ3v) is 1.94. The van der Waals surface area contributed by atoms with Crippen LogP contribution >= 0.6 is 0 Å². The molecule has 0 bridgehead atoms. The second-order valence-corrected chi connectivity index (χ2v) is 3.88. The fraction of sp³-hybridized carbons (Fsp3) is 1.00. The third kappa shape index (κ3) is 9.80. The summed E-state index contributed by atoms with van der Waals surface area (Å²) in [5.41, 5.74) is 5.51. The Morgan fingerprint density at radius 2 is 1.92 bits per heavy atom. The lowest BCUT2D eigenvalue weighted by Crippen LogP contribution is -2.25. The van der Waals surface area contributed by atoms with Crippen LogP contribution in [0.3, 0.4) is 0 Å². The molecule has 1 unspecified atom stereocenters. The van der Waals surface area contributed by atoms with Gasteiger partial charge in [-0.25, -0.2) is 0 Å². The van der Waals surface area contributed by atoms with E-state index in [2.05, 4.69) is 13.8 Å². The van der Waals surface area contributed by atoms with E-state index in [9.17, 15) is 0 Å². The molecule has 0 aliphatic heterocycles. The summed E-state index contributed by atoms with van der Waals surface area (Å²) >= 11 is 0. The topological polar surface area (TPSA) is 55.5 Å². The van der Waals surface area contributed by atoms with Gasteiger partial charge in [0.1, 0.15) is 0 Å². The van der Waals surface area contributed by atoms with Crippen molar-refractivity contribution in [3.05, 3.63) is 0 Å². The molecular formula is C10H23NO2.